The van der Waals surface area contributed by atoms with E-state index in [0.29, 0.717) is 0 Å². The van der Waals surface area contributed by atoms with Crippen molar-refractivity contribution >= 4 is 5.97 Å². The van der Waals surface area contributed by atoms with E-state index in [1.165, 1.54) is 13.0 Å². The lowest BCUT2D eigenvalue weighted by Crippen LogP contribution is -2.26. The van der Waals surface area contributed by atoms with Crippen LogP contribution in [-0.4, -0.2) is 18.2 Å². The van der Waals surface area contributed by atoms with E-state index in [9.17, 15) is 27.5 Å². The van der Waals surface area contributed by atoms with E-state index in [1.807, 2.05) is 6.07 Å². The zero-order valence-electron chi connectivity index (χ0n) is 15.3. The maximum Gasteiger partial charge on any atom is 0.311 e. The molecule has 2 rings (SSSR count). The van der Waals surface area contributed by atoms with Gasteiger partial charge in [-0.1, -0.05) is 19.9 Å². The zero-order valence-corrected chi connectivity index (χ0v) is 15.3. The van der Waals surface area contributed by atoms with Gasteiger partial charge in [-0.2, -0.15) is 5.26 Å². The predicted octanol–water partition coefficient (Wildman–Crippen LogP) is 4.13. The summed E-state index contributed by atoms with van der Waals surface area (Å²) in [5, 5.41) is 18.7. The van der Waals surface area contributed by atoms with Gasteiger partial charge in [-0.05, 0) is 18.8 Å². The van der Waals surface area contributed by atoms with Crippen LogP contribution in [0.15, 0.2) is 11.6 Å². The number of nitrogens with zero attached hydrogens (tertiary/aromatic N) is 1. The highest BCUT2D eigenvalue weighted by Gasteiger charge is 2.74. The third kappa shape index (κ3) is 3.00. The fraction of sp³-hybridized carbons (Fsp3) is 0.474. The summed E-state index contributed by atoms with van der Waals surface area (Å²) in [6.07, 6.45) is 0.657. The lowest BCUT2D eigenvalue weighted by atomic mass is 9.87. The normalized spacial score (nSPS) is 23.8. The molecule has 0 heterocycles. The van der Waals surface area contributed by atoms with Crippen LogP contribution < -0.4 is 0 Å². The predicted molar refractivity (Wildman–Crippen MR) is 87.4 cm³/mol. The van der Waals surface area contributed by atoms with Crippen molar-refractivity contribution in [3.63, 3.8) is 0 Å². The van der Waals surface area contributed by atoms with Crippen molar-refractivity contribution in [1.29, 1.82) is 5.26 Å². The molecular formula is C19H19F4NO3. The molecule has 4 nitrogen and oxygen atoms in total. The smallest absolute Gasteiger partial charge is 0.311 e. The molecule has 0 aromatic heterocycles. The first kappa shape index (κ1) is 20.9. The van der Waals surface area contributed by atoms with Crippen LogP contribution in [0.4, 0.5) is 17.6 Å². The second-order valence-corrected chi connectivity index (χ2v) is 7.26. The highest BCUT2D eigenvalue weighted by Crippen LogP contribution is 2.71. The molecule has 8 heteroatoms. The minimum atomic E-state index is -1.70. The summed E-state index contributed by atoms with van der Waals surface area (Å²) in [4.78, 5) is 12.0. The SMILES string of the molecule is COCc1c(F)c(F)c(C[C@@]2(C(=O)O)C(/C=C(/C)C#N)C2(C)C)c(F)c1F. The molecule has 2 atom stereocenters. The molecule has 1 fully saturated rings. The summed E-state index contributed by atoms with van der Waals surface area (Å²) in [7, 11) is 1.11. The Morgan fingerprint density at radius 2 is 1.67 bits per heavy atom. The van der Waals surface area contributed by atoms with Gasteiger partial charge in [-0.15, -0.1) is 0 Å². The first-order chi connectivity index (χ1) is 12.5. The summed E-state index contributed by atoms with van der Waals surface area (Å²) >= 11 is 0. The van der Waals surface area contributed by atoms with Crippen LogP contribution >= 0.6 is 0 Å². The molecule has 1 aromatic rings. The number of aliphatic carboxylic acids is 1. The van der Waals surface area contributed by atoms with Crippen LogP contribution in [0.1, 0.15) is 31.9 Å². The number of benzene rings is 1. The Morgan fingerprint density at radius 3 is 2.07 bits per heavy atom. The molecule has 1 aliphatic carbocycles. The van der Waals surface area contributed by atoms with Crippen LogP contribution in [0.2, 0.25) is 0 Å². The number of carboxylic acid groups (broad SMARTS) is 1. The molecule has 1 N–H and O–H groups in total. The monoisotopic (exact) mass is 385 g/mol. The van der Waals surface area contributed by atoms with Gasteiger partial charge < -0.3 is 9.84 Å². The van der Waals surface area contributed by atoms with E-state index in [0.717, 1.165) is 7.11 Å². The third-order valence-electron chi connectivity index (χ3n) is 5.54. The van der Waals surface area contributed by atoms with Crippen molar-refractivity contribution in [1.82, 2.24) is 0 Å². The van der Waals surface area contributed by atoms with Crippen LogP contribution in [0, 0.1) is 51.3 Å². The van der Waals surface area contributed by atoms with Crippen LogP contribution in [-0.2, 0) is 22.6 Å². The number of carbonyl (C=O) groups is 1. The maximum absolute atomic E-state index is 14.5. The average molecular weight is 385 g/mol. The zero-order chi connectivity index (χ0) is 20.7. The quantitative estimate of drug-likeness (QED) is 0.454. The molecule has 1 aromatic carbocycles. The first-order valence-corrected chi connectivity index (χ1v) is 8.11. The molecular weight excluding hydrogens is 366 g/mol. The van der Waals surface area contributed by atoms with Gasteiger partial charge in [-0.3, -0.25) is 4.79 Å². The van der Waals surface area contributed by atoms with Gasteiger partial charge >= 0.3 is 5.97 Å². The Hall–Kier alpha value is -2.40. The number of ether oxygens (including phenoxy) is 1. The van der Waals surface area contributed by atoms with Crippen LogP contribution in [0.3, 0.4) is 0 Å². The number of halogens is 4. The van der Waals surface area contributed by atoms with Gasteiger partial charge in [0, 0.05) is 24.2 Å². The van der Waals surface area contributed by atoms with Gasteiger partial charge in [0.05, 0.1) is 23.7 Å². The molecule has 0 bridgehead atoms. The van der Waals surface area contributed by atoms with E-state index in [1.54, 1.807) is 13.8 Å². The first-order valence-electron chi connectivity index (χ1n) is 8.11. The summed E-state index contributed by atoms with van der Waals surface area (Å²) in [6.45, 7) is 3.93. The summed E-state index contributed by atoms with van der Waals surface area (Å²) in [5.41, 5.74) is -4.30. The summed E-state index contributed by atoms with van der Waals surface area (Å²) < 4.78 is 61.8. The number of hydrogen-bond acceptors (Lipinski definition) is 3. The van der Waals surface area contributed by atoms with E-state index in [4.69, 9.17) is 5.26 Å². The van der Waals surface area contributed by atoms with E-state index in [-0.39, 0.29) is 5.57 Å². The van der Waals surface area contributed by atoms with Crippen molar-refractivity contribution in [2.24, 2.45) is 16.7 Å². The summed E-state index contributed by atoms with van der Waals surface area (Å²) in [6, 6.07) is 1.86. The Kier molecular flexibility index (Phi) is 5.39. The average Bonchev–Trinajstić information content (AvgIpc) is 3.08. The second-order valence-electron chi connectivity index (χ2n) is 7.26. The van der Waals surface area contributed by atoms with Gasteiger partial charge in [-0.25, -0.2) is 17.6 Å². The molecule has 27 heavy (non-hydrogen) atoms. The largest absolute Gasteiger partial charge is 0.481 e. The molecule has 146 valence electrons. The molecule has 1 saturated carbocycles. The topological polar surface area (TPSA) is 70.3 Å². The van der Waals surface area contributed by atoms with E-state index in [2.05, 4.69) is 4.74 Å². The molecule has 1 unspecified atom stereocenters. The fourth-order valence-corrected chi connectivity index (χ4v) is 3.78. The van der Waals surface area contributed by atoms with Gasteiger partial charge in [0.2, 0.25) is 0 Å². The number of carboxylic acids is 1. The lowest BCUT2D eigenvalue weighted by Gasteiger charge is -2.18. The van der Waals surface area contributed by atoms with Crippen molar-refractivity contribution in [2.75, 3.05) is 7.11 Å². The minimum Gasteiger partial charge on any atom is -0.481 e. The van der Waals surface area contributed by atoms with Crippen molar-refractivity contribution in [2.45, 2.75) is 33.8 Å². The Balaban J connectivity index is 2.61. The van der Waals surface area contributed by atoms with E-state index >= 15 is 0 Å². The minimum absolute atomic E-state index is 0.241. The summed E-state index contributed by atoms with van der Waals surface area (Å²) in [5.74, 6) is -8.58. The highest BCUT2D eigenvalue weighted by atomic mass is 19.2. The molecule has 0 spiro atoms. The standard InChI is InChI=1S/C19H19F4NO3/c1-9(7-24)5-12-18(2,3)19(12,17(25)26)6-10-13(20)15(22)11(8-27-4)16(23)14(10)21/h5,12H,6,8H2,1-4H3,(H,25,26)/b9-5-/t12?,19-/m0/s1. The van der Waals surface area contributed by atoms with Crippen LogP contribution in [0.5, 0.6) is 0 Å². The Bertz CT molecular complexity index is 844. The maximum atomic E-state index is 14.5. The van der Waals surface area contributed by atoms with Crippen LogP contribution in [0.25, 0.3) is 0 Å². The number of allylic oxidation sites excluding steroid dienone is 2. The number of hydrogen-bond donors (Lipinski definition) is 1. The highest BCUT2D eigenvalue weighted by molar-refractivity contribution is 5.82. The second kappa shape index (κ2) is 6.97. The Morgan fingerprint density at radius 1 is 1.19 bits per heavy atom. The Labute approximate surface area is 154 Å². The van der Waals surface area contributed by atoms with Crippen molar-refractivity contribution < 1.29 is 32.2 Å². The van der Waals surface area contributed by atoms with Gasteiger partial charge in [0.15, 0.2) is 23.3 Å². The van der Waals surface area contributed by atoms with Crippen molar-refractivity contribution in [3.05, 3.63) is 46.0 Å². The fourth-order valence-electron chi connectivity index (χ4n) is 3.78. The molecule has 0 aliphatic heterocycles. The molecule has 0 radical (unpaired) electrons. The van der Waals surface area contributed by atoms with Gasteiger partial charge in [0.25, 0.3) is 0 Å². The van der Waals surface area contributed by atoms with E-state index < -0.39 is 70.1 Å². The van der Waals surface area contributed by atoms with Crippen molar-refractivity contribution in [3.8, 4) is 6.07 Å². The van der Waals surface area contributed by atoms with Gasteiger partial charge in [0.1, 0.15) is 0 Å². The molecule has 1 aliphatic rings. The molecule has 0 saturated heterocycles. The lowest BCUT2D eigenvalue weighted by molar-refractivity contribution is -0.145. The number of nitriles is 1. The molecule has 0 amide bonds. The number of methoxy groups -OCH3 is 1. The third-order valence-corrected chi connectivity index (χ3v) is 5.54. The number of rotatable bonds is 6.